The van der Waals surface area contributed by atoms with Crippen molar-refractivity contribution in [1.29, 1.82) is 5.26 Å². The molecule has 2 aromatic carbocycles. The lowest BCUT2D eigenvalue weighted by atomic mass is 9.86. The van der Waals surface area contributed by atoms with Crippen LogP contribution in [0.3, 0.4) is 0 Å². The van der Waals surface area contributed by atoms with Gasteiger partial charge in [-0.1, -0.05) is 69.3 Å². The van der Waals surface area contributed by atoms with Gasteiger partial charge in [0.1, 0.15) is 11.6 Å². The Labute approximate surface area is 154 Å². The molecule has 0 spiro atoms. The fourth-order valence-electron chi connectivity index (χ4n) is 2.55. The van der Waals surface area contributed by atoms with Crippen molar-refractivity contribution in [3.8, 4) is 17.2 Å². The monoisotopic (exact) mass is 349 g/mol. The molecule has 0 radical (unpaired) electrons. The fraction of sp³-hybridized carbons (Fsp3) is 0.273. The van der Waals surface area contributed by atoms with Crippen LogP contribution in [-0.2, 0) is 14.9 Å². The van der Waals surface area contributed by atoms with E-state index in [0.717, 1.165) is 11.1 Å². The van der Waals surface area contributed by atoms with Gasteiger partial charge in [-0.15, -0.1) is 0 Å². The maximum Gasteiger partial charge on any atom is 0.374 e. The van der Waals surface area contributed by atoms with Gasteiger partial charge in [0.15, 0.2) is 0 Å². The highest BCUT2D eigenvalue weighted by Crippen LogP contribution is 2.27. The average Bonchev–Trinajstić information content (AvgIpc) is 2.62. The second kappa shape index (κ2) is 7.88. The molecule has 0 heterocycles. The van der Waals surface area contributed by atoms with Gasteiger partial charge in [0.05, 0.1) is 6.61 Å². The number of nitriles is 1. The van der Waals surface area contributed by atoms with E-state index < -0.39 is 11.7 Å². The molecule has 0 fully saturated rings. The summed E-state index contributed by atoms with van der Waals surface area (Å²) in [6.07, 6.45) is 0. The fourth-order valence-corrected chi connectivity index (χ4v) is 2.55. The second-order valence-electron chi connectivity index (χ2n) is 6.96. The standard InChI is InChI=1S/C22H23NO3/c1-5-26-21(25)20(24)19(14-23)17-8-6-15(7-9-17)16-10-12-18(13-11-16)22(2,3)4/h6-13,24H,5H2,1-4H3. The molecule has 0 unspecified atom stereocenters. The van der Waals surface area contributed by atoms with Crippen molar-refractivity contribution < 1.29 is 14.6 Å². The molecular weight excluding hydrogens is 326 g/mol. The van der Waals surface area contributed by atoms with Gasteiger partial charge >= 0.3 is 5.97 Å². The Morgan fingerprint density at radius 1 is 1.04 bits per heavy atom. The van der Waals surface area contributed by atoms with E-state index >= 15 is 0 Å². The summed E-state index contributed by atoms with van der Waals surface area (Å²) in [4.78, 5) is 11.6. The maximum absolute atomic E-state index is 11.6. The lowest BCUT2D eigenvalue weighted by molar-refractivity contribution is -0.141. The van der Waals surface area contributed by atoms with Gasteiger partial charge in [-0.3, -0.25) is 0 Å². The quantitative estimate of drug-likeness (QED) is 0.365. The van der Waals surface area contributed by atoms with E-state index in [-0.39, 0.29) is 17.6 Å². The number of esters is 1. The molecule has 0 aromatic heterocycles. The number of benzene rings is 2. The Bertz CT molecular complexity index is 848. The van der Waals surface area contributed by atoms with E-state index in [2.05, 4.69) is 45.0 Å². The van der Waals surface area contributed by atoms with Crippen molar-refractivity contribution in [3.05, 3.63) is 65.4 Å². The van der Waals surface area contributed by atoms with Crippen LogP contribution in [0.15, 0.2) is 54.3 Å². The molecule has 1 N–H and O–H groups in total. The third kappa shape index (κ3) is 4.31. The zero-order chi connectivity index (χ0) is 19.3. The number of hydrogen-bond acceptors (Lipinski definition) is 4. The van der Waals surface area contributed by atoms with Crippen LogP contribution in [0.1, 0.15) is 38.8 Å². The van der Waals surface area contributed by atoms with Crippen LogP contribution in [0.5, 0.6) is 0 Å². The first-order valence-electron chi connectivity index (χ1n) is 8.49. The van der Waals surface area contributed by atoms with Crippen molar-refractivity contribution in [2.45, 2.75) is 33.1 Å². The minimum absolute atomic E-state index is 0.0967. The van der Waals surface area contributed by atoms with E-state index in [0.29, 0.717) is 5.56 Å². The molecule has 0 bridgehead atoms. The number of nitrogens with zero attached hydrogens (tertiary/aromatic N) is 1. The van der Waals surface area contributed by atoms with Crippen LogP contribution in [0.2, 0.25) is 0 Å². The molecule has 4 nitrogen and oxygen atoms in total. The van der Waals surface area contributed by atoms with E-state index in [4.69, 9.17) is 4.74 Å². The third-order valence-electron chi connectivity index (χ3n) is 4.08. The Kier molecular flexibility index (Phi) is 5.84. The van der Waals surface area contributed by atoms with E-state index in [1.165, 1.54) is 5.56 Å². The van der Waals surface area contributed by atoms with Crippen LogP contribution in [0.25, 0.3) is 16.7 Å². The molecule has 26 heavy (non-hydrogen) atoms. The van der Waals surface area contributed by atoms with Crippen LogP contribution in [0, 0.1) is 11.3 Å². The Morgan fingerprint density at radius 2 is 1.54 bits per heavy atom. The highest BCUT2D eigenvalue weighted by Gasteiger charge is 2.17. The lowest BCUT2D eigenvalue weighted by Gasteiger charge is -2.19. The van der Waals surface area contributed by atoms with Crippen LogP contribution in [0.4, 0.5) is 0 Å². The zero-order valence-electron chi connectivity index (χ0n) is 15.5. The molecular formula is C22H23NO3. The molecule has 0 aliphatic carbocycles. The highest BCUT2D eigenvalue weighted by atomic mass is 16.5. The molecule has 0 saturated heterocycles. The molecule has 0 amide bonds. The Morgan fingerprint density at radius 3 is 1.96 bits per heavy atom. The van der Waals surface area contributed by atoms with Crippen LogP contribution in [-0.4, -0.2) is 17.7 Å². The number of carbonyl (C=O) groups excluding carboxylic acids is 1. The van der Waals surface area contributed by atoms with Gasteiger partial charge in [0, 0.05) is 0 Å². The van der Waals surface area contributed by atoms with Gasteiger partial charge in [-0.05, 0) is 34.6 Å². The van der Waals surface area contributed by atoms with Gasteiger partial charge < -0.3 is 9.84 Å². The summed E-state index contributed by atoms with van der Waals surface area (Å²) in [5.41, 5.74) is 3.77. The van der Waals surface area contributed by atoms with Crippen LogP contribution < -0.4 is 0 Å². The van der Waals surface area contributed by atoms with E-state index in [1.807, 2.05) is 18.2 Å². The first-order valence-corrected chi connectivity index (χ1v) is 8.49. The van der Waals surface area contributed by atoms with Crippen LogP contribution >= 0.6 is 0 Å². The smallest absolute Gasteiger partial charge is 0.374 e. The zero-order valence-corrected chi connectivity index (χ0v) is 15.5. The molecule has 2 aromatic rings. The van der Waals surface area contributed by atoms with Crippen molar-refractivity contribution in [3.63, 3.8) is 0 Å². The minimum Gasteiger partial charge on any atom is -0.501 e. The topological polar surface area (TPSA) is 70.3 Å². The predicted molar refractivity (Wildman–Crippen MR) is 102 cm³/mol. The molecule has 0 aliphatic heterocycles. The molecule has 2 rings (SSSR count). The SMILES string of the molecule is CCOC(=O)C(O)=C(C#N)c1ccc(-c2ccc(C(C)(C)C)cc2)cc1. The van der Waals surface area contributed by atoms with Gasteiger partial charge in [0.2, 0.25) is 5.76 Å². The number of carbonyl (C=O) groups is 1. The maximum atomic E-state index is 11.6. The number of allylic oxidation sites excluding steroid dienone is 1. The molecule has 0 saturated carbocycles. The van der Waals surface area contributed by atoms with Crippen molar-refractivity contribution in [1.82, 2.24) is 0 Å². The van der Waals surface area contributed by atoms with Crippen molar-refractivity contribution in [2.75, 3.05) is 6.61 Å². The summed E-state index contributed by atoms with van der Waals surface area (Å²) < 4.78 is 4.74. The molecule has 0 atom stereocenters. The Hall–Kier alpha value is -3.06. The normalized spacial score (nSPS) is 12.1. The van der Waals surface area contributed by atoms with Crippen molar-refractivity contribution >= 4 is 11.5 Å². The van der Waals surface area contributed by atoms with E-state index in [9.17, 15) is 15.2 Å². The number of ether oxygens (including phenoxy) is 1. The number of hydrogen-bond donors (Lipinski definition) is 1. The first-order chi connectivity index (χ1) is 12.3. The van der Waals surface area contributed by atoms with Crippen molar-refractivity contribution in [2.24, 2.45) is 0 Å². The summed E-state index contributed by atoms with van der Waals surface area (Å²) in [5.74, 6) is -1.57. The number of aliphatic hydroxyl groups excluding tert-OH is 1. The largest absolute Gasteiger partial charge is 0.501 e. The molecule has 4 heteroatoms. The average molecular weight is 349 g/mol. The summed E-state index contributed by atoms with van der Waals surface area (Å²) >= 11 is 0. The van der Waals surface area contributed by atoms with E-state index in [1.54, 1.807) is 19.1 Å². The number of rotatable bonds is 4. The summed E-state index contributed by atoms with van der Waals surface area (Å²) in [6, 6.07) is 17.3. The summed E-state index contributed by atoms with van der Waals surface area (Å²) in [6.45, 7) is 8.27. The predicted octanol–water partition coefficient (Wildman–Crippen LogP) is 5.01. The highest BCUT2D eigenvalue weighted by molar-refractivity contribution is 5.98. The minimum atomic E-state index is -0.897. The summed E-state index contributed by atoms with van der Waals surface area (Å²) in [5, 5.41) is 19.2. The van der Waals surface area contributed by atoms with Gasteiger partial charge in [0.25, 0.3) is 0 Å². The lowest BCUT2D eigenvalue weighted by Crippen LogP contribution is -2.10. The number of aliphatic hydroxyl groups is 1. The molecule has 134 valence electrons. The molecule has 0 aliphatic rings. The summed E-state index contributed by atoms with van der Waals surface area (Å²) in [7, 11) is 0. The second-order valence-corrected chi connectivity index (χ2v) is 6.96. The van der Waals surface area contributed by atoms with Gasteiger partial charge in [-0.25, -0.2) is 4.79 Å². The third-order valence-corrected chi connectivity index (χ3v) is 4.08. The van der Waals surface area contributed by atoms with Gasteiger partial charge in [-0.2, -0.15) is 5.26 Å². The first kappa shape index (κ1) is 19.3. The Balaban J connectivity index is 2.32.